The zero-order valence-corrected chi connectivity index (χ0v) is 9.52. The second kappa shape index (κ2) is 4.52. The summed E-state index contributed by atoms with van der Waals surface area (Å²) in [4.78, 5) is 3.19. The van der Waals surface area contributed by atoms with E-state index >= 15 is 0 Å². The molecule has 1 heterocycles. The Morgan fingerprint density at radius 3 is 3.06 bits per heavy atom. The fourth-order valence-electron chi connectivity index (χ4n) is 2.02. The minimum atomic E-state index is -0.0811. The maximum atomic E-state index is 13.8. The van der Waals surface area contributed by atoms with Gasteiger partial charge in [0.05, 0.1) is 0 Å². The molecule has 0 radical (unpaired) electrons. The van der Waals surface area contributed by atoms with Crippen molar-refractivity contribution in [1.82, 2.24) is 4.98 Å². The first-order chi connectivity index (χ1) is 7.76. The zero-order valence-electron chi connectivity index (χ0n) is 9.52. The number of nitrogens with one attached hydrogen (secondary N) is 1. The van der Waals surface area contributed by atoms with Crippen LogP contribution < -0.4 is 10.6 Å². The lowest BCUT2D eigenvalue weighted by Gasteiger charge is -1.98. The molecule has 0 aromatic carbocycles. The summed E-state index contributed by atoms with van der Waals surface area (Å²) in [7, 11) is 0. The first-order valence-corrected chi connectivity index (χ1v) is 5.62. The van der Waals surface area contributed by atoms with Crippen molar-refractivity contribution >= 4 is 12.2 Å². The molecule has 1 aromatic heterocycles. The third kappa shape index (κ3) is 1.87. The van der Waals surface area contributed by atoms with Gasteiger partial charge in [-0.05, 0) is 36.5 Å². The minimum absolute atomic E-state index is 0.0811. The second-order valence-electron chi connectivity index (χ2n) is 3.99. The number of hydrogen-bond acceptors (Lipinski definition) is 0. The molecule has 0 amide bonds. The molecule has 0 unspecified atom stereocenters. The molecule has 1 aromatic rings. The number of rotatable bonds is 3. The van der Waals surface area contributed by atoms with Crippen molar-refractivity contribution in [3.05, 3.63) is 46.4 Å². The fourth-order valence-corrected chi connectivity index (χ4v) is 2.02. The number of aromatic amines is 1. The van der Waals surface area contributed by atoms with Crippen LogP contribution in [0.15, 0.2) is 30.3 Å². The molecular formula is C14H16FN. The molecule has 2 heteroatoms. The molecule has 0 fully saturated rings. The molecule has 1 nitrogen and oxygen atoms in total. The largest absolute Gasteiger partial charge is 0.361 e. The van der Waals surface area contributed by atoms with E-state index in [-0.39, 0.29) is 5.83 Å². The molecule has 1 aliphatic carbocycles. The topological polar surface area (TPSA) is 15.8 Å². The van der Waals surface area contributed by atoms with Gasteiger partial charge in [0, 0.05) is 16.8 Å². The standard InChI is InChI=1S/C14H16FN/c1-3-5-11-9-16-14-7-6-10(4-2)13(15)8-12(11)14/h3,7-9,16H,1,4-6H2,2H3. The summed E-state index contributed by atoms with van der Waals surface area (Å²) in [5, 5.41) is 2.00. The van der Waals surface area contributed by atoms with Crippen LogP contribution in [0.5, 0.6) is 0 Å². The number of aromatic nitrogens is 1. The lowest BCUT2D eigenvalue weighted by atomic mass is 10.1. The summed E-state index contributed by atoms with van der Waals surface area (Å²) >= 11 is 0. The molecule has 0 saturated carbocycles. The van der Waals surface area contributed by atoms with Gasteiger partial charge in [-0.3, -0.25) is 0 Å². The summed E-state index contributed by atoms with van der Waals surface area (Å²) in [5.74, 6) is -0.0811. The van der Waals surface area contributed by atoms with Gasteiger partial charge in [0.25, 0.3) is 0 Å². The highest BCUT2D eigenvalue weighted by molar-refractivity contribution is 5.52. The van der Waals surface area contributed by atoms with E-state index in [2.05, 4.69) is 17.6 Å². The summed E-state index contributed by atoms with van der Waals surface area (Å²) in [6.07, 6.45) is 9.70. The predicted molar refractivity (Wildman–Crippen MR) is 65.9 cm³/mol. The summed E-state index contributed by atoms with van der Waals surface area (Å²) in [6, 6.07) is 0. The van der Waals surface area contributed by atoms with Crippen LogP contribution in [0.1, 0.15) is 25.3 Å². The monoisotopic (exact) mass is 217 g/mol. The van der Waals surface area contributed by atoms with E-state index in [0.29, 0.717) is 6.42 Å². The van der Waals surface area contributed by atoms with E-state index in [1.807, 2.05) is 19.2 Å². The molecule has 0 aliphatic heterocycles. The summed E-state index contributed by atoms with van der Waals surface area (Å²) in [6.45, 7) is 5.70. The highest BCUT2D eigenvalue weighted by Crippen LogP contribution is 2.17. The smallest absolute Gasteiger partial charge is 0.123 e. The van der Waals surface area contributed by atoms with Crippen molar-refractivity contribution in [2.24, 2.45) is 0 Å². The Labute approximate surface area is 94.7 Å². The number of hydrogen-bond donors (Lipinski definition) is 1. The first kappa shape index (κ1) is 10.9. The Bertz CT molecular complexity index is 546. The van der Waals surface area contributed by atoms with E-state index in [0.717, 1.165) is 34.5 Å². The predicted octanol–water partition coefficient (Wildman–Crippen LogP) is 2.34. The van der Waals surface area contributed by atoms with E-state index in [9.17, 15) is 4.39 Å². The van der Waals surface area contributed by atoms with E-state index < -0.39 is 0 Å². The second-order valence-corrected chi connectivity index (χ2v) is 3.99. The molecule has 84 valence electrons. The van der Waals surface area contributed by atoms with Crippen LogP contribution in [0.4, 0.5) is 4.39 Å². The number of halogens is 1. The molecule has 0 spiro atoms. The lowest BCUT2D eigenvalue weighted by molar-refractivity contribution is 0.658. The molecule has 16 heavy (non-hydrogen) atoms. The van der Waals surface area contributed by atoms with Gasteiger partial charge in [-0.1, -0.05) is 19.1 Å². The average Bonchev–Trinajstić information content (AvgIpc) is 2.57. The molecule has 0 atom stereocenters. The van der Waals surface area contributed by atoms with Gasteiger partial charge in [-0.2, -0.15) is 0 Å². The molecule has 1 aliphatic rings. The molecular weight excluding hydrogens is 201 g/mol. The van der Waals surface area contributed by atoms with Gasteiger partial charge in [0.1, 0.15) is 5.83 Å². The van der Waals surface area contributed by atoms with E-state index in [4.69, 9.17) is 0 Å². The van der Waals surface area contributed by atoms with Gasteiger partial charge < -0.3 is 4.98 Å². The maximum absolute atomic E-state index is 13.8. The van der Waals surface area contributed by atoms with Crippen molar-refractivity contribution in [2.45, 2.75) is 26.2 Å². The van der Waals surface area contributed by atoms with Crippen LogP contribution in [-0.2, 0) is 6.42 Å². The van der Waals surface area contributed by atoms with Gasteiger partial charge in [0.2, 0.25) is 0 Å². The lowest BCUT2D eigenvalue weighted by Crippen LogP contribution is -2.24. The van der Waals surface area contributed by atoms with Crippen molar-refractivity contribution in [2.75, 3.05) is 0 Å². The minimum Gasteiger partial charge on any atom is -0.361 e. The van der Waals surface area contributed by atoms with Crippen molar-refractivity contribution in [3.63, 3.8) is 0 Å². The highest BCUT2D eigenvalue weighted by atomic mass is 19.1. The van der Waals surface area contributed by atoms with Crippen LogP contribution >= 0.6 is 0 Å². The number of fused-ring (bicyclic) bond motifs is 1. The van der Waals surface area contributed by atoms with Crippen LogP contribution in [0.3, 0.4) is 0 Å². The Morgan fingerprint density at radius 1 is 1.56 bits per heavy atom. The highest BCUT2D eigenvalue weighted by Gasteiger charge is 2.07. The van der Waals surface area contributed by atoms with Gasteiger partial charge >= 0.3 is 0 Å². The summed E-state index contributed by atoms with van der Waals surface area (Å²) < 4.78 is 13.8. The maximum Gasteiger partial charge on any atom is 0.123 e. The average molecular weight is 217 g/mol. The van der Waals surface area contributed by atoms with E-state index in [1.165, 1.54) is 0 Å². The van der Waals surface area contributed by atoms with Gasteiger partial charge in [0.15, 0.2) is 0 Å². The number of allylic oxidation sites excluding steroid dienone is 3. The fraction of sp³-hybridized carbons (Fsp3) is 0.286. The van der Waals surface area contributed by atoms with Crippen LogP contribution in [-0.4, -0.2) is 4.98 Å². The normalized spacial score (nSPS) is 14.9. The van der Waals surface area contributed by atoms with Crippen LogP contribution in [0.25, 0.3) is 12.2 Å². The van der Waals surface area contributed by atoms with Gasteiger partial charge in [-0.15, -0.1) is 6.58 Å². The molecule has 1 N–H and O–H groups in total. The van der Waals surface area contributed by atoms with Crippen LogP contribution in [0, 0.1) is 0 Å². The molecule has 2 rings (SSSR count). The Hall–Kier alpha value is -1.57. The zero-order chi connectivity index (χ0) is 11.5. The summed E-state index contributed by atoms with van der Waals surface area (Å²) in [5.41, 5.74) is 1.97. The van der Waals surface area contributed by atoms with Crippen molar-refractivity contribution < 1.29 is 4.39 Å². The van der Waals surface area contributed by atoms with Crippen molar-refractivity contribution in [3.8, 4) is 0 Å². The number of H-pyrrole nitrogens is 1. The SMILES string of the molecule is C=CCc1c[nH]c2c1=CC(F)=C(CC)CC=2. The van der Waals surface area contributed by atoms with Crippen molar-refractivity contribution in [1.29, 1.82) is 0 Å². The molecule has 0 saturated heterocycles. The first-order valence-electron chi connectivity index (χ1n) is 5.62. The quantitative estimate of drug-likeness (QED) is 0.748. The van der Waals surface area contributed by atoms with E-state index in [1.54, 1.807) is 6.08 Å². The molecule has 0 bridgehead atoms. The third-order valence-electron chi connectivity index (χ3n) is 2.99. The Balaban J connectivity index is 2.61. The third-order valence-corrected chi connectivity index (χ3v) is 2.99. The Morgan fingerprint density at radius 2 is 2.38 bits per heavy atom. The Kier molecular flexibility index (Phi) is 3.09. The van der Waals surface area contributed by atoms with Crippen LogP contribution in [0.2, 0.25) is 0 Å². The van der Waals surface area contributed by atoms with Gasteiger partial charge in [-0.25, -0.2) is 4.39 Å².